The molecule has 4 aromatic rings. The first kappa shape index (κ1) is 27.1. The van der Waals surface area contributed by atoms with Crippen LogP contribution in [0.5, 0.6) is 0 Å². The first-order valence-corrected chi connectivity index (χ1v) is 14.0. The lowest BCUT2D eigenvalue weighted by Crippen LogP contribution is -2.67. The Balaban J connectivity index is 1.81. The van der Waals surface area contributed by atoms with Crippen LogP contribution in [0.15, 0.2) is 78.6 Å². The molecule has 1 aliphatic rings. The van der Waals surface area contributed by atoms with Crippen molar-refractivity contribution >= 4 is 46.8 Å². The van der Waals surface area contributed by atoms with E-state index in [2.05, 4.69) is 30.6 Å². The topological polar surface area (TPSA) is 127 Å². The summed E-state index contributed by atoms with van der Waals surface area (Å²) in [5.74, 6) is -0.666. The molecule has 3 heterocycles. The number of guanidine groups is 2. The Morgan fingerprint density at radius 1 is 0.625 bits per heavy atom. The highest BCUT2D eigenvalue weighted by Gasteiger charge is 2.43. The summed E-state index contributed by atoms with van der Waals surface area (Å²) >= 11 is 2.31. The molecule has 0 aliphatic carbocycles. The van der Waals surface area contributed by atoms with Gasteiger partial charge in [0, 0.05) is 0 Å². The van der Waals surface area contributed by atoms with Crippen LogP contribution in [0.2, 0.25) is 0 Å². The van der Waals surface area contributed by atoms with E-state index in [-0.39, 0.29) is 33.6 Å². The first-order valence-electron chi connectivity index (χ1n) is 11.5. The van der Waals surface area contributed by atoms with Gasteiger partial charge >= 0.3 is 0 Å². The van der Waals surface area contributed by atoms with Crippen molar-refractivity contribution in [2.45, 2.75) is 24.2 Å². The number of aryl methyl sites for hydroxylation is 2. The minimum atomic E-state index is -0.509. The molecular formula is C24H20F2N10O2S2. The summed E-state index contributed by atoms with van der Waals surface area (Å²) in [5, 5.41) is 25.5. The number of anilines is 2. The number of hydrogen-bond acceptors (Lipinski definition) is 10. The third-order valence-electron chi connectivity index (χ3n) is 5.65. The van der Waals surface area contributed by atoms with Gasteiger partial charge in [0.2, 0.25) is 22.2 Å². The molecule has 1 aliphatic heterocycles. The molecule has 0 radical (unpaired) electrons. The van der Waals surface area contributed by atoms with Crippen LogP contribution < -0.4 is 20.9 Å². The molecule has 0 bridgehead atoms. The summed E-state index contributed by atoms with van der Waals surface area (Å²) in [6.45, 7) is 3.02. The number of nitrogens with zero attached hydrogens (tertiary/aromatic N) is 10. The van der Waals surface area contributed by atoms with Crippen molar-refractivity contribution in [1.29, 1.82) is 0 Å². The Labute approximate surface area is 234 Å². The van der Waals surface area contributed by atoms with E-state index in [1.807, 2.05) is 0 Å². The number of halogens is 2. The predicted molar refractivity (Wildman–Crippen MR) is 149 cm³/mol. The van der Waals surface area contributed by atoms with Gasteiger partial charge in [0.1, 0.15) is 23.0 Å². The molecule has 204 valence electrons. The molecule has 2 aromatic carbocycles. The monoisotopic (exact) mass is 582 g/mol. The van der Waals surface area contributed by atoms with Crippen LogP contribution in [0.3, 0.4) is 0 Å². The molecule has 0 amide bonds. The summed E-state index contributed by atoms with van der Waals surface area (Å²) < 4.78 is 29.9. The van der Waals surface area contributed by atoms with Gasteiger partial charge in [-0.1, -0.05) is 23.5 Å². The van der Waals surface area contributed by atoms with Gasteiger partial charge in [0.05, 0.1) is 11.4 Å². The van der Waals surface area contributed by atoms with E-state index in [4.69, 9.17) is 0 Å². The Morgan fingerprint density at radius 3 is 1.30 bits per heavy atom. The maximum Gasteiger partial charge on any atom is 0.296 e. The third-order valence-corrected chi connectivity index (χ3v) is 6.89. The Kier molecular flexibility index (Phi) is 7.44. The molecule has 2 aromatic heterocycles. The standard InChI is InChI=1S/C24H20F2N10O2S2/c1-13-19(37)35(23(39-3)29-27-13)31-21-33(17-9-5-15(25)6-10-17)22(34(21)18-11-7-16(26)8-12-18)32-36-20(38)14(2)28-30-24(36)40-4/h5-12H,1-4H3. The molecule has 0 saturated carbocycles. The maximum atomic E-state index is 13.9. The van der Waals surface area contributed by atoms with E-state index >= 15 is 0 Å². The number of rotatable bonds is 6. The average Bonchev–Trinajstić information content (AvgIpc) is 2.95. The minimum absolute atomic E-state index is 0.117. The normalized spacial score (nSPS) is 12.9. The summed E-state index contributed by atoms with van der Waals surface area (Å²) in [6.07, 6.45) is 3.43. The Hall–Kier alpha value is -4.44. The fourth-order valence-corrected chi connectivity index (χ4v) is 4.49. The molecule has 0 spiro atoms. The zero-order valence-corrected chi connectivity index (χ0v) is 23.1. The van der Waals surface area contributed by atoms with E-state index in [1.165, 1.54) is 72.2 Å². The average molecular weight is 583 g/mol. The second kappa shape index (κ2) is 11.0. The second-order valence-electron chi connectivity index (χ2n) is 8.20. The van der Waals surface area contributed by atoms with Crippen LogP contribution in [0.4, 0.5) is 20.2 Å². The van der Waals surface area contributed by atoms with Gasteiger partial charge in [-0.15, -0.1) is 30.6 Å². The van der Waals surface area contributed by atoms with Gasteiger partial charge in [-0.05, 0) is 74.9 Å². The highest BCUT2D eigenvalue weighted by molar-refractivity contribution is 7.98. The van der Waals surface area contributed by atoms with Gasteiger partial charge in [0.25, 0.3) is 11.1 Å². The van der Waals surface area contributed by atoms with E-state index in [1.54, 1.807) is 12.5 Å². The van der Waals surface area contributed by atoms with Crippen molar-refractivity contribution in [3.63, 3.8) is 0 Å². The van der Waals surface area contributed by atoms with Crippen LogP contribution in [0, 0.1) is 25.5 Å². The number of benzene rings is 2. The Morgan fingerprint density at radius 2 is 0.975 bits per heavy atom. The molecule has 40 heavy (non-hydrogen) atoms. The fourth-order valence-electron chi connectivity index (χ4n) is 3.65. The van der Waals surface area contributed by atoms with Crippen molar-refractivity contribution in [1.82, 2.24) is 29.7 Å². The van der Waals surface area contributed by atoms with Crippen molar-refractivity contribution < 1.29 is 8.78 Å². The zero-order valence-electron chi connectivity index (χ0n) is 21.5. The minimum Gasteiger partial charge on any atom is -0.265 e. The van der Waals surface area contributed by atoms with Gasteiger partial charge in [-0.2, -0.15) is 9.35 Å². The highest BCUT2D eigenvalue weighted by Crippen LogP contribution is 2.32. The molecule has 0 unspecified atom stereocenters. The maximum absolute atomic E-state index is 13.9. The van der Waals surface area contributed by atoms with Gasteiger partial charge in [-0.25, -0.2) is 18.6 Å². The summed E-state index contributed by atoms with van der Waals surface area (Å²) in [5.41, 5.74) is 0.0629. The summed E-state index contributed by atoms with van der Waals surface area (Å²) in [6, 6.07) is 11.0. The first-order chi connectivity index (χ1) is 19.2. The highest BCUT2D eigenvalue weighted by atomic mass is 32.2. The van der Waals surface area contributed by atoms with E-state index < -0.39 is 22.8 Å². The quantitative estimate of drug-likeness (QED) is 0.313. The summed E-state index contributed by atoms with van der Waals surface area (Å²) in [4.78, 5) is 29.1. The van der Waals surface area contributed by atoms with Crippen molar-refractivity contribution in [3.8, 4) is 0 Å². The lowest BCUT2D eigenvalue weighted by atomic mass is 10.2. The molecule has 5 rings (SSSR count). The van der Waals surface area contributed by atoms with Crippen LogP contribution in [0.1, 0.15) is 11.4 Å². The number of aromatic nitrogens is 6. The van der Waals surface area contributed by atoms with Crippen molar-refractivity contribution in [2.24, 2.45) is 10.2 Å². The number of thioether (sulfide) groups is 2. The molecule has 0 atom stereocenters. The van der Waals surface area contributed by atoms with Crippen LogP contribution >= 0.6 is 23.5 Å². The predicted octanol–water partition coefficient (Wildman–Crippen LogP) is 2.89. The molecule has 12 nitrogen and oxygen atoms in total. The molecule has 16 heteroatoms. The molecule has 0 N–H and O–H groups in total. The fraction of sp³-hybridized carbons (Fsp3) is 0.167. The second-order valence-corrected chi connectivity index (χ2v) is 9.75. The van der Waals surface area contributed by atoms with Gasteiger partial charge < -0.3 is 0 Å². The largest absolute Gasteiger partial charge is 0.296 e. The van der Waals surface area contributed by atoms with Crippen LogP contribution in [-0.4, -0.2) is 54.2 Å². The summed E-state index contributed by atoms with van der Waals surface area (Å²) in [7, 11) is 0. The van der Waals surface area contributed by atoms with Crippen molar-refractivity contribution in [3.05, 3.63) is 92.3 Å². The van der Waals surface area contributed by atoms with Crippen LogP contribution in [-0.2, 0) is 0 Å². The lowest BCUT2D eigenvalue weighted by Gasteiger charge is -2.45. The van der Waals surface area contributed by atoms with E-state index in [9.17, 15) is 18.4 Å². The number of hydrogen-bond donors (Lipinski definition) is 0. The zero-order chi connectivity index (χ0) is 28.6. The smallest absolute Gasteiger partial charge is 0.265 e. The van der Waals surface area contributed by atoms with E-state index in [0.717, 1.165) is 32.9 Å². The van der Waals surface area contributed by atoms with Crippen LogP contribution in [0.25, 0.3) is 0 Å². The SMILES string of the molecule is CSc1nnc(C)c(=O)n1N=C1N(c2ccc(F)cc2)C(=Nn2c(SC)nnc(C)c2=O)N1c1ccc(F)cc1. The van der Waals surface area contributed by atoms with E-state index in [0.29, 0.717) is 11.4 Å². The van der Waals surface area contributed by atoms with Gasteiger partial charge in [-0.3, -0.25) is 9.59 Å². The Bertz CT molecular complexity index is 1630. The van der Waals surface area contributed by atoms with Gasteiger partial charge in [0.15, 0.2) is 0 Å². The molecule has 1 saturated heterocycles. The van der Waals surface area contributed by atoms with Crippen molar-refractivity contribution in [2.75, 3.05) is 22.3 Å². The lowest BCUT2D eigenvalue weighted by molar-refractivity contribution is 0.621. The molecule has 1 fully saturated rings. The third kappa shape index (κ3) is 4.86. The molecular weight excluding hydrogens is 562 g/mol.